The Balaban J connectivity index is 1.83. The van der Waals surface area contributed by atoms with Crippen LogP contribution in [0.5, 0.6) is 11.5 Å². The number of allylic oxidation sites excluding steroid dienone is 1. The van der Waals surface area contributed by atoms with Gasteiger partial charge in [0.1, 0.15) is 6.10 Å². The van der Waals surface area contributed by atoms with Crippen molar-refractivity contribution < 1.29 is 9.47 Å². The maximum absolute atomic E-state index is 6.54. The first kappa shape index (κ1) is 13.0. The van der Waals surface area contributed by atoms with E-state index in [1.807, 2.05) is 0 Å². The van der Waals surface area contributed by atoms with Gasteiger partial charge in [-0.25, -0.2) is 0 Å². The highest BCUT2D eigenvalue weighted by molar-refractivity contribution is 5.62. The van der Waals surface area contributed by atoms with Crippen LogP contribution in [0.3, 0.4) is 0 Å². The molecule has 22 heavy (non-hydrogen) atoms. The molecular formula is C19H23NO2. The first-order chi connectivity index (χ1) is 10.7. The molecule has 1 saturated heterocycles. The van der Waals surface area contributed by atoms with Crippen LogP contribution in [0.25, 0.3) is 0 Å². The Kier molecular flexibility index (Phi) is 2.41. The maximum atomic E-state index is 6.54. The topological polar surface area (TPSA) is 21.7 Å². The van der Waals surface area contributed by atoms with Gasteiger partial charge in [0, 0.05) is 17.0 Å². The largest absolute Gasteiger partial charge is 0.493 e. The minimum atomic E-state index is 0.188. The summed E-state index contributed by atoms with van der Waals surface area (Å²) in [7, 11) is 4.05. The van der Waals surface area contributed by atoms with Gasteiger partial charge in [0.25, 0.3) is 0 Å². The average molecular weight is 297 g/mol. The first-order valence-electron chi connectivity index (χ1n) is 8.40. The fourth-order valence-corrected chi connectivity index (χ4v) is 5.73. The molecule has 3 nitrogen and oxygen atoms in total. The van der Waals surface area contributed by atoms with Gasteiger partial charge in [-0.05, 0) is 62.9 Å². The van der Waals surface area contributed by atoms with Crippen LogP contribution in [0.15, 0.2) is 23.8 Å². The van der Waals surface area contributed by atoms with Crippen LogP contribution in [0.4, 0.5) is 0 Å². The Bertz CT molecular complexity index is 695. The zero-order valence-corrected chi connectivity index (χ0v) is 13.6. The molecular weight excluding hydrogens is 274 g/mol. The van der Waals surface area contributed by atoms with Gasteiger partial charge in [-0.1, -0.05) is 12.1 Å². The molecule has 1 aromatic rings. The van der Waals surface area contributed by atoms with Crippen LogP contribution in [-0.2, 0) is 11.8 Å². The maximum Gasteiger partial charge on any atom is 0.166 e. The second-order valence-corrected chi connectivity index (χ2v) is 7.46. The minimum absolute atomic E-state index is 0.188. The Labute approximate surface area is 131 Å². The summed E-state index contributed by atoms with van der Waals surface area (Å²) in [6, 6.07) is 5.02. The van der Waals surface area contributed by atoms with E-state index in [1.54, 1.807) is 7.11 Å². The minimum Gasteiger partial charge on any atom is -0.493 e. The third-order valence-electron chi connectivity index (χ3n) is 6.70. The van der Waals surface area contributed by atoms with E-state index < -0.39 is 0 Å². The zero-order chi connectivity index (χ0) is 15.1. The Morgan fingerprint density at radius 3 is 3.05 bits per heavy atom. The second-order valence-electron chi connectivity index (χ2n) is 7.46. The van der Waals surface area contributed by atoms with Gasteiger partial charge >= 0.3 is 0 Å². The summed E-state index contributed by atoms with van der Waals surface area (Å²) in [5.74, 6) is 2.62. The van der Waals surface area contributed by atoms with E-state index in [-0.39, 0.29) is 11.5 Å². The van der Waals surface area contributed by atoms with Crippen LogP contribution < -0.4 is 9.47 Å². The predicted molar refractivity (Wildman–Crippen MR) is 85.7 cm³/mol. The number of hydrogen-bond donors (Lipinski definition) is 0. The SMILES string of the molecule is COc1ccc2c3c1OC1C(C)=CCC4C(C2)N(C)CCC314. The van der Waals surface area contributed by atoms with E-state index in [0.29, 0.717) is 12.0 Å². The molecule has 116 valence electrons. The molecule has 0 amide bonds. The van der Waals surface area contributed by atoms with Crippen molar-refractivity contribution in [2.75, 3.05) is 20.7 Å². The normalized spacial score (nSPS) is 38.1. The molecule has 2 aliphatic carbocycles. The Morgan fingerprint density at radius 1 is 1.36 bits per heavy atom. The summed E-state index contributed by atoms with van der Waals surface area (Å²) in [6.07, 6.45) is 6.18. The Hall–Kier alpha value is -1.48. The summed E-state index contributed by atoms with van der Waals surface area (Å²) < 4.78 is 12.1. The van der Waals surface area contributed by atoms with E-state index in [1.165, 1.54) is 36.1 Å². The van der Waals surface area contributed by atoms with Crippen molar-refractivity contribution in [3.05, 3.63) is 34.9 Å². The molecule has 1 fully saturated rings. The molecule has 2 bridgehead atoms. The molecule has 4 aliphatic rings. The van der Waals surface area contributed by atoms with Crippen molar-refractivity contribution in [3.63, 3.8) is 0 Å². The van der Waals surface area contributed by atoms with E-state index in [0.717, 1.165) is 17.9 Å². The molecule has 5 rings (SSSR count). The highest BCUT2D eigenvalue weighted by Crippen LogP contribution is 2.63. The lowest BCUT2D eigenvalue weighted by Gasteiger charge is -2.57. The second kappa shape index (κ2) is 4.08. The number of methoxy groups -OCH3 is 1. The first-order valence-corrected chi connectivity index (χ1v) is 8.40. The number of rotatable bonds is 1. The third-order valence-corrected chi connectivity index (χ3v) is 6.70. The summed E-state index contributed by atoms with van der Waals surface area (Å²) in [5.41, 5.74) is 4.57. The highest BCUT2D eigenvalue weighted by Gasteiger charge is 2.63. The number of likely N-dealkylation sites (tertiary alicyclic amines) is 1. The number of benzene rings is 1. The number of nitrogens with zero attached hydrogens (tertiary/aromatic N) is 1. The summed E-state index contributed by atoms with van der Waals surface area (Å²) in [4.78, 5) is 2.58. The van der Waals surface area contributed by atoms with Gasteiger partial charge in [-0.3, -0.25) is 0 Å². The van der Waals surface area contributed by atoms with E-state index in [4.69, 9.17) is 9.47 Å². The number of piperidine rings is 1. The quantitative estimate of drug-likeness (QED) is 0.744. The molecule has 2 aliphatic heterocycles. The van der Waals surface area contributed by atoms with Crippen molar-refractivity contribution in [1.29, 1.82) is 0 Å². The molecule has 3 heteroatoms. The van der Waals surface area contributed by atoms with Crippen LogP contribution in [0.1, 0.15) is 30.9 Å². The van der Waals surface area contributed by atoms with Crippen LogP contribution in [0.2, 0.25) is 0 Å². The molecule has 0 aromatic heterocycles. The smallest absolute Gasteiger partial charge is 0.166 e. The van der Waals surface area contributed by atoms with Crippen molar-refractivity contribution in [2.24, 2.45) is 5.92 Å². The van der Waals surface area contributed by atoms with Gasteiger partial charge in [0.05, 0.1) is 7.11 Å². The summed E-state index contributed by atoms with van der Waals surface area (Å²) in [6.45, 7) is 3.42. The highest BCUT2D eigenvalue weighted by atomic mass is 16.5. The fraction of sp³-hybridized carbons (Fsp3) is 0.579. The monoisotopic (exact) mass is 297 g/mol. The lowest BCUT2D eigenvalue weighted by molar-refractivity contribution is -0.00815. The van der Waals surface area contributed by atoms with Gasteiger partial charge in [0.15, 0.2) is 11.5 Å². The average Bonchev–Trinajstić information content (AvgIpc) is 2.88. The lowest BCUT2D eigenvalue weighted by atomic mass is 9.52. The molecule has 0 radical (unpaired) electrons. The molecule has 4 unspecified atom stereocenters. The van der Waals surface area contributed by atoms with E-state index >= 15 is 0 Å². The van der Waals surface area contributed by atoms with Crippen LogP contribution in [0, 0.1) is 5.92 Å². The van der Waals surface area contributed by atoms with Gasteiger partial charge in [-0.2, -0.15) is 0 Å². The van der Waals surface area contributed by atoms with Gasteiger partial charge in [-0.15, -0.1) is 0 Å². The van der Waals surface area contributed by atoms with Crippen molar-refractivity contribution in [3.8, 4) is 11.5 Å². The standard InChI is InChI=1S/C19H23NO2/c1-11-4-6-13-14-10-12-5-7-15(21-3)17-16(12)19(13,18(11)22-17)8-9-20(14)2/h4-5,7,13-14,18H,6,8-10H2,1-3H3. The Morgan fingerprint density at radius 2 is 2.23 bits per heavy atom. The molecule has 2 heterocycles. The zero-order valence-electron chi connectivity index (χ0n) is 13.6. The molecule has 1 aromatic carbocycles. The third kappa shape index (κ3) is 1.28. The number of ether oxygens (including phenoxy) is 2. The van der Waals surface area contributed by atoms with Gasteiger partial charge in [0.2, 0.25) is 0 Å². The summed E-state index contributed by atoms with van der Waals surface area (Å²) >= 11 is 0. The molecule has 4 atom stereocenters. The van der Waals surface area contributed by atoms with Gasteiger partial charge < -0.3 is 14.4 Å². The van der Waals surface area contributed by atoms with E-state index in [2.05, 4.69) is 37.1 Å². The van der Waals surface area contributed by atoms with Crippen molar-refractivity contribution >= 4 is 0 Å². The molecule has 0 N–H and O–H groups in total. The molecule has 0 saturated carbocycles. The lowest BCUT2D eigenvalue weighted by Crippen LogP contribution is -2.63. The number of likely N-dealkylation sites (N-methyl/N-ethyl adjacent to an activating group) is 1. The van der Waals surface area contributed by atoms with Crippen LogP contribution >= 0.6 is 0 Å². The predicted octanol–water partition coefficient (Wildman–Crippen LogP) is 2.92. The molecule has 1 spiro atoms. The van der Waals surface area contributed by atoms with E-state index in [9.17, 15) is 0 Å². The van der Waals surface area contributed by atoms with Crippen LogP contribution in [-0.4, -0.2) is 37.7 Å². The number of hydrogen-bond acceptors (Lipinski definition) is 3. The van der Waals surface area contributed by atoms with Crippen molar-refractivity contribution in [2.45, 2.75) is 43.7 Å². The summed E-state index contributed by atoms with van der Waals surface area (Å²) in [5, 5.41) is 0. The fourth-order valence-electron chi connectivity index (χ4n) is 5.73. The van der Waals surface area contributed by atoms with Crippen molar-refractivity contribution in [1.82, 2.24) is 4.90 Å².